The van der Waals surface area contributed by atoms with Crippen molar-refractivity contribution in [3.05, 3.63) is 29.4 Å². The van der Waals surface area contributed by atoms with Crippen LogP contribution in [0.3, 0.4) is 0 Å². The molecule has 0 saturated heterocycles. The minimum atomic E-state index is 0.148. The fourth-order valence-electron chi connectivity index (χ4n) is 2.90. The fraction of sp³-hybridized carbons (Fsp3) is 0.667. The highest BCUT2D eigenvalue weighted by molar-refractivity contribution is 5.50. The minimum Gasteiger partial charge on any atom is -0.308 e. The molecule has 3 nitrogen and oxygen atoms in total. The molecule has 0 aliphatic heterocycles. The molecule has 0 radical (unpaired) electrons. The molecule has 0 atom stereocenters. The van der Waals surface area contributed by atoms with E-state index in [1.165, 1.54) is 37.7 Å². The van der Waals surface area contributed by atoms with Crippen LogP contribution in [0.1, 0.15) is 64.4 Å². The lowest BCUT2D eigenvalue weighted by atomic mass is 9.83. The lowest BCUT2D eigenvalue weighted by Gasteiger charge is -2.28. The molecule has 1 heterocycles. The first-order chi connectivity index (χ1) is 9.94. The van der Waals surface area contributed by atoms with Crippen LogP contribution >= 0.6 is 0 Å². The predicted molar refractivity (Wildman–Crippen MR) is 89.1 cm³/mol. The standard InChI is InChI=1S/C18H29N3/c1-14-19-11-10-17(21-14)12-16(13-20-18(2,3)4)15-8-6-5-7-9-15/h10-12,15,20H,5-9,13H2,1-4H3/b16-12-. The average molecular weight is 287 g/mol. The molecule has 2 rings (SSSR count). The van der Waals surface area contributed by atoms with Gasteiger partial charge in [0.25, 0.3) is 0 Å². The summed E-state index contributed by atoms with van der Waals surface area (Å²) in [6.45, 7) is 9.57. The fourth-order valence-corrected chi connectivity index (χ4v) is 2.90. The van der Waals surface area contributed by atoms with Crippen LogP contribution in [0.25, 0.3) is 6.08 Å². The first-order valence-electron chi connectivity index (χ1n) is 8.19. The van der Waals surface area contributed by atoms with Crippen LogP contribution in [-0.4, -0.2) is 22.1 Å². The second-order valence-electron chi connectivity index (χ2n) is 7.19. The predicted octanol–water partition coefficient (Wildman–Crippen LogP) is 4.14. The van der Waals surface area contributed by atoms with Crippen molar-refractivity contribution in [3.8, 4) is 0 Å². The first kappa shape index (κ1) is 16.2. The van der Waals surface area contributed by atoms with Crippen molar-refractivity contribution in [1.29, 1.82) is 0 Å². The van der Waals surface area contributed by atoms with E-state index in [0.29, 0.717) is 5.92 Å². The highest BCUT2D eigenvalue weighted by atomic mass is 14.9. The number of hydrogen-bond acceptors (Lipinski definition) is 3. The second kappa shape index (κ2) is 7.17. The van der Waals surface area contributed by atoms with Gasteiger partial charge in [-0.2, -0.15) is 0 Å². The second-order valence-corrected chi connectivity index (χ2v) is 7.19. The summed E-state index contributed by atoms with van der Waals surface area (Å²) in [6, 6.07) is 2.01. The van der Waals surface area contributed by atoms with Gasteiger partial charge in [-0.05, 0) is 58.6 Å². The van der Waals surface area contributed by atoms with E-state index < -0.39 is 0 Å². The summed E-state index contributed by atoms with van der Waals surface area (Å²) < 4.78 is 0. The number of nitrogens with zero attached hydrogens (tertiary/aromatic N) is 2. The van der Waals surface area contributed by atoms with E-state index in [-0.39, 0.29) is 5.54 Å². The Kier molecular flexibility index (Phi) is 5.51. The minimum absolute atomic E-state index is 0.148. The van der Waals surface area contributed by atoms with Crippen LogP contribution in [0.4, 0.5) is 0 Å². The number of rotatable bonds is 4. The zero-order valence-electron chi connectivity index (χ0n) is 13.9. The van der Waals surface area contributed by atoms with E-state index in [4.69, 9.17) is 0 Å². The van der Waals surface area contributed by atoms with Crippen molar-refractivity contribution in [3.63, 3.8) is 0 Å². The van der Waals surface area contributed by atoms with Gasteiger partial charge in [0.05, 0.1) is 5.69 Å². The van der Waals surface area contributed by atoms with Crippen molar-refractivity contribution < 1.29 is 0 Å². The molecule has 0 spiro atoms. The molecule has 0 bridgehead atoms. The van der Waals surface area contributed by atoms with Crippen molar-refractivity contribution >= 4 is 6.08 Å². The third kappa shape index (κ3) is 5.58. The Balaban J connectivity index is 2.17. The normalized spacial score (nSPS) is 18.0. The molecular weight excluding hydrogens is 258 g/mol. The van der Waals surface area contributed by atoms with E-state index in [1.807, 2.05) is 19.2 Å². The summed E-state index contributed by atoms with van der Waals surface area (Å²) in [5.74, 6) is 1.55. The number of nitrogens with one attached hydrogen (secondary N) is 1. The molecular formula is C18H29N3. The Morgan fingerprint density at radius 1 is 1.29 bits per heavy atom. The quantitative estimate of drug-likeness (QED) is 0.904. The van der Waals surface area contributed by atoms with Gasteiger partial charge in [0.15, 0.2) is 0 Å². The molecule has 1 N–H and O–H groups in total. The van der Waals surface area contributed by atoms with Gasteiger partial charge in [0.2, 0.25) is 0 Å². The van der Waals surface area contributed by atoms with Crippen molar-refractivity contribution in [1.82, 2.24) is 15.3 Å². The number of aromatic nitrogens is 2. The Labute approximate surface area is 129 Å². The first-order valence-corrected chi connectivity index (χ1v) is 8.19. The summed E-state index contributed by atoms with van der Waals surface area (Å²) >= 11 is 0. The molecule has 1 aliphatic carbocycles. The van der Waals surface area contributed by atoms with Gasteiger partial charge in [0, 0.05) is 18.3 Å². The van der Waals surface area contributed by atoms with Crippen LogP contribution in [0, 0.1) is 12.8 Å². The lowest BCUT2D eigenvalue weighted by Crippen LogP contribution is -2.38. The molecule has 21 heavy (non-hydrogen) atoms. The van der Waals surface area contributed by atoms with Crippen LogP contribution in [0.15, 0.2) is 17.8 Å². The Morgan fingerprint density at radius 3 is 2.62 bits per heavy atom. The molecule has 1 saturated carbocycles. The van der Waals surface area contributed by atoms with Gasteiger partial charge in [-0.25, -0.2) is 9.97 Å². The molecule has 0 amide bonds. The maximum atomic E-state index is 4.54. The smallest absolute Gasteiger partial charge is 0.125 e. The van der Waals surface area contributed by atoms with Crippen LogP contribution < -0.4 is 5.32 Å². The summed E-state index contributed by atoms with van der Waals surface area (Å²) in [5.41, 5.74) is 2.69. The molecule has 116 valence electrons. The van der Waals surface area contributed by atoms with Crippen molar-refractivity contribution in [2.45, 2.75) is 65.3 Å². The van der Waals surface area contributed by atoms with Gasteiger partial charge in [-0.15, -0.1) is 0 Å². The molecule has 0 unspecified atom stereocenters. The monoisotopic (exact) mass is 287 g/mol. The van der Waals surface area contributed by atoms with Gasteiger partial charge >= 0.3 is 0 Å². The summed E-state index contributed by atoms with van der Waals surface area (Å²) in [4.78, 5) is 8.73. The van der Waals surface area contributed by atoms with E-state index in [2.05, 4.69) is 42.1 Å². The SMILES string of the molecule is Cc1nccc(/C=C(/CNC(C)(C)C)C2CCCCC2)n1. The topological polar surface area (TPSA) is 37.8 Å². The van der Waals surface area contributed by atoms with Gasteiger partial charge in [-0.3, -0.25) is 0 Å². The average Bonchev–Trinajstić information content (AvgIpc) is 2.43. The van der Waals surface area contributed by atoms with Gasteiger partial charge in [-0.1, -0.05) is 24.8 Å². The van der Waals surface area contributed by atoms with E-state index in [0.717, 1.165) is 18.1 Å². The number of hydrogen-bond donors (Lipinski definition) is 1. The highest BCUT2D eigenvalue weighted by Crippen LogP contribution is 2.30. The lowest BCUT2D eigenvalue weighted by molar-refractivity contribution is 0.378. The highest BCUT2D eigenvalue weighted by Gasteiger charge is 2.19. The summed E-state index contributed by atoms with van der Waals surface area (Å²) in [6.07, 6.45) is 10.9. The van der Waals surface area contributed by atoms with Crippen molar-refractivity contribution in [2.75, 3.05) is 6.54 Å². The largest absolute Gasteiger partial charge is 0.308 e. The molecule has 3 heteroatoms. The third-order valence-electron chi connectivity index (χ3n) is 4.08. The molecule has 1 aliphatic rings. The van der Waals surface area contributed by atoms with Crippen molar-refractivity contribution in [2.24, 2.45) is 5.92 Å². The van der Waals surface area contributed by atoms with Crippen LogP contribution in [0.2, 0.25) is 0 Å². The molecule has 1 fully saturated rings. The Bertz CT molecular complexity index is 479. The molecule has 1 aromatic heterocycles. The maximum Gasteiger partial charge on any atom is 0.125 e. The third-order valence-corrected chi connectivity index (χ3v) is 4.08. The van der Waals surface area contributed by atoms with Gasteiger partial charge in [0.1, 0.15) is 5.82 Å². The zero-order valence-corrected chi connectivity index (χ0v) is 13.9. The van der Waals surface area contributed by atoms with Crippen LogP contribution in [0.5, 0.6) is 0 Å². The number of aryl methyl sites for hydroxylation is 1. The maximum absolute atomic E-state index is 4.54. The van der Waals surface area contributed by atoms with Crippen LogP contribution in [-0.2, 0) is 0 Å². The Hall–Kier alpha value is -1.22. The Morgan fingerprint density at radius 2 is 2.00 bits per heavy atom. The van der Waals surface area contributed by atoms with E-state index in [1.54, 1.807) is 0 Å². The summed E-state index contributed by atoms with van der Waals surface area (Å²) in [7, 11) is 0. The zero-order chi connectivity index (χ0) is 15.3. The molecule has 0 aromatic carbocycles. The van der Waals surface area contributed by atoms with Gasteiger partial charge < -0.3 is 5.32 Å². The van der Waals surface area contributed by atoms with E-state index >= 15 is 0 Å². The van der Waals surface area contributed by atoms with E-state index in [9.17, 15) is 0 Å². The molecule has 1 aromatic rings. The summed E-state index contributed by atoms with van der Waals surface area (Å²) in [5, 5.41) is 3.64.